The Morgan fingerprint density at radius 1 is 0.971 bits per heavy atom. The lowest BCUT2D eigenvalue weighted by Crippen LogP contribution is -2.47. The maximum absolute atomic E-state index is 14.4. The van der Waals surface area contributed by atoms with Crippen LogP contribution in [0, 0.1) is 0 Å². The van der Waals surface area contributed by atoms with E-state index in [2.05, 4.69) is 5.32 Å². The summed E-state index contributed by atoms with van der Waals surface area (Å²) in [4.78, 5) is 13.2. The molecule has 0 bridgehead atoms. The van der Waals surface area contributed by atoms with Gasteiger partial charge in [-0.05, 0) is 69.0 Å². The first kappa shape index (κ1) is 26.2. The molecule has 0 aromatic heterocycles. The minimum Gasteiger partial charge on any atom is -0.378 e. The summed E-state index contributed by atoms with van der Waals surface area (Å²) in [5.74, 6) is -1.82. The van der Waals surface area contributed by atoms with Crippen molar-refractivity contribution in [2.75, 3.05) is 0 Å². The molecule has 5 nitrogen and oxygen atoms in total. The van der Waals surface area contributed by atoms with Crippen LogP contribution in [-0.2, 0) is 20.3 Å². The predicted molar refractivity (Wildman–Crippen MR) is 138 cm³/mol. The maximum Gasteiger partial charge on any atom is 0.264 e. The van der Waals surface area contributed by atoms with E-state index in [4.69, 9.17) is 16.1 Å². The lowest BCUT2D eigenvalue weighted by Gasteiger charge is -2.30. The summed E-state index contributed by atoms with van der Waals surface area (Å²) in [5.41, 5.74) is 0.969. The average molecular weight is 500 g/mol. The van der Waals surface area contributed by atoms with Crippen LogP contribution in [0.1, 0.15) is 44.2 Å². The van der Waals surface area contributed by atoms with Crippen molar-refractivity contribution in [2.45, 2.75) is 51.1 Å². The number of aliphatic hydroxyl groups is 1. The van der Waals surface area contributed by atoms with Crippen LogP contribution in [0.5, 0.6) is 0 Å². The molecule has 3 atom stereocenters. The van der Waals surface area contributed by atoms with Crippen molar-refractivity contribution >= 4 is 30.2 Å². The zero-order valence-corrected chi connectivity index (χ0v) is 21.3. The molecule has 7 heteroatoms. The number of hydrogen-bond donors (Lipinski definition) is 2. The molecule has 3 aromatic carbocycles. The second-order valence-corrected chi connectivity index (χ2v) is 12.1. The molecule has 2 N–H and O–H groups in total. The number of rotatable bonds is 9. The van der Waals surface area contributed by atoms with Crippen molar-refractivity contribution in [1.29, 1.82) is 0 Å². The number of carbonyl (C=O) groups excluding carboxylic acids is 1. The normalized spacial score (nSPS) is 15.2. The Balaban J connectivity index is 1.99. The van der Waals surface area contributed by atoms with Crippen LogP contribution in [-0.4, -0.2) is 22.7 Å². The summed E-state index contributed by atoms with van der Waals surface area (Å²) in [6.07, 6.45) is -0.199. The summed E-state index contributed by atoms with van der Waals surface area (Å²) >= 11 is 6.05. The van der Waals surface area contributed by atoms with Crippen LogP contribution in [0.15, 0.2) is 84.9 Å². The number of hydrogen-bond acceptors (Lipinski definition) is 4. The topological polar surface area (TPSA) is 75.6 Å². The predicted octanol–water partition coefficient (Wildman–Crippen LogP) is 5.87. The van der Waals surface area contributed by atoms with Gasteiger partial charge in [0, 0.05) is 15.9 Å². The second-order valence-electron chi connectivity index (χ2n) is 9.22. The van der Waals surface area contributed by atoms with E-state index in [1.54, 1.807) is 48.5 Å². The van der Waals surface area contributed by atoms with Crippen LogP contribution in [0.2, 0.25) is 5.02 Å². The highest BCUT2D eigenvalue weighted by Crippen LogP contribution is 2.58. The highest BCUT2D eigenvalue weighted by Gasteiger charge is 2.40. The summed E-state index contributed by atoms with van der Waals surface area (Å²) < 4.78 is 20.6. The highest BCUT2D eigenvalue weighted by molar-refractivity contribution is 7.67. The molecule has 0 aliphatic carbocycles. The van der Waals surface area contributed by atoms with Gasteiger partial charge in [-0.25, -0.2) is 0 Å². The number of aryl methyl sites for hydroxylation is 1. The Kier molecular flexibility index (Phi) is 8.72. The van der Waals surface area contributed by atoms with Gasteiger partial charge in [0.1, 0.15) is 6.10 Å². The van der Waals surface area contributed by atoms with E-state index in [0.717, 1.165) is 5.56 Å². The van der Waals surface area contributed by atoms with Gasteiger partial charge in [0.05, 0.1) is 0 Å². The number of carbonyl (C=O) groups is 1. The molecule has 0 saturated carbocycles. The molecule has 0 fully saturated rings. The number of nitrogens with one attached hydrogen (secondary N) is 1. The van der Waals surface area contributed by atoms with Gasteiger partial charge in [0.25, 0.3) is 7.37 Å². The van der Waals surface area contributed by atoms with Crippen molar-refractivity contribution in [3.05, 3.63) is 101 Å². The van der Waals surface area contributed by atoms with E-state index in [-0.39, 0.29) is 5.91 Å². The summed E-state index contributed by atoms with van der Waals surface area (Å²) in [6.45, 7) is 5.62. The minimum atomic E-state index is -3.97. The van der Waals surface area contributed by atoms with Crippen molar-refractivity contribution in [2.24, 2.45) is 0 Å². The molecule has 1 amide bonds. The van der Waals surface area contributed by atoms with Crippen molar-refractivity contribution in [3.63, 3.8) is 0 Å². The van der Waals surface area contributed by atoms with E-state index < -0.39 is 24.9 Å². The largest absolute Gasteiger partial charge is 0.378 e. The van der Waals surface area contributed by atoms with Crippen LogP contribution >= 0.6 is 19.0 Å². The fourth-order valence-electron chi connectivity index (χ4n) is 3.54. The quantitative estimate of drug-likeness (QED) is 0.361. The first-order chi connectivity index (χ1) is 16.1. The Labute approximate surface area is 206 Å². The van der Waals surface area contributed by atoms with Crippen LogP contribution < -0.4 is 10.6 Å². The van der Waals surface area contributed by atoms with Crippen molar-refractivity contribution < 1.29 is 19.0 Å². The van der Waals surface area contributed by atoms with Gasteiger partial charge >= 0.3 is 0 Å². The Morgan fingerprint density at radius 3 is 2.09 bits per heavy atom. The summed E-state index contributed by atoms with van der Waals surface area (Å²) in [7, 11) is -3.97. The van der Waals surface area contributed by atoms with Crippen LogP contribution in [0.25, 0.3) is 0 Å². The van der Waals surface area contributed by atoms with Gasteiger partial charge in [0.2, 0.25) is 5.91 Å². The van der Waals surface area contributed by atoms with Crippen LogP contribution in [0.4, 0.5) is 0 Å². The summed E-state index contributed by atoms with van der Waals surface area (Å²) in [5, 5.41) is 14.9. The highest BCUT2D eigenvalue weighted by atomic mass is 35.5. The van der Waals surface area contributed by atoms with Gasteiger partial charge < -0.3 is 14.9 Å². The number of aliphatic hydroxyl groups excluding tert-OH is 1. The standard InChI is InChI=1S/C27H31ClNO4P/c1-27(2,3)29-25(30)24(19-14-20-10-6-4-7-11-20)33-34(32,23-17-15-22(28)16-18-23)26(31)21-12-8-5-9-13-21/h4-13,15-18,24,26,31H,14,19H2,1-3H3,(H,29,30). The molecule has 3 aromatic rings. The van der Waals surface area contributed by atoms with Crippen molar-refractivity contribution in [3.8, 4) is 0 Å². The third-order valence-corrected chi connectivity index (χ3v) is 8.00. The zero-order chi connectivity index (χ0) is 24.8. The lowest BCUT2D eigenvalue weighted by molar-refractivity contribution is -0.129. The lowest BCUT2D eigenvalue weighted by atomic mass is 10.0. The van der Waals surface area contributed by atoms with E-state index in [9.17, 15) is 14.5 Å². The molecule has 0 heterocycles. The maximum atomic E-state index is 14.4. The van der Waals surface area contributed by atoms with Crippen molar-refractivity contribution in [1.82, 2.24) is 5.32 Å². The van der Waals surface area contributed by atoms with E-state index in [0.29, 0.717) is 28.7 Å². The molecule has 0 aliphatic heterocycles. The second kappa shape index (κ2) is 11.3. The third kappa shape index (κ3) is 7.04. The van der Waals surface area contributed by atoms with Gasteiger partial charge in [-0.2, -0.15) is 0 Å². The molecule has 34 heavy (non-hydrogen) atoms. The van der Waals surface area contributed by atoms with E-state index >= 15 is 0 Å². The fourth-order valence-corrected chi connectivity index (χ4v) is 5.90. The molecular weight excluding hydrogens is 469 g/mol. The molecule has 3 unspecified atom stereocenters. The molecule has 180 valence electrons. The average Bonchev–Trinajstić information content (AvgIpc) is 2.81. The minimum absolute atomic E-state index is 0.293. The van der Waals surface area contributed by atoms with Gasteiger partial charge in [0.15, 0.2) is 5.85 Å². The first-order valence-corrected chi connectivity index (χ1v) is 13.3. The van der Waals surface area contributed by atoms with E-state index in [1.807, 2.05) is 57.2 Å². The zero-order valence-electron chi connectivity index (χ0n) is 19.6. The SMILES string of the molecule is CC(C)(C)NC(=O)C(CCc1ccccc1)OP(=O)(c1ccc(Cl)cc1)C(O)c1ccccc1. The van der Waals surface area contributed by atoms with Gasteiger partial charge in [-0.3, -0.25) is 9.36 Å². The first-order valence-electron chi connectivity index (χ1n) is 11.2. The Morgan fingerprint density at radius 2 is 1.53 bits per heavy atom. The smallest absolute Gasteiger partial charge is 0.264 e. The Hall–Kier alpha value is -2.43. The number of amides is 1. The monoisotopic (exact) mass is 499 g/mol. The number of benzene rings is 3. The number of halogens is 1. The van der Waals surface area contributed by atoms with Gasteiger partial charge in [-0.15, -0.1) is 0 Å². The molecule has 0 radical (unpaired) electrons. The molecule has 3 rings (SSSR count). The van der Waals surface area contributed by atoms with Gasteiger partial charge in [-0.1, -0.05) is 72.3 Å². The van der Waals surface area contributed by atoms with Crippen LogP contribution in [0.3, 0.4) is 0 Å². The van der Waals surface area contributed by atoms with E-state index in [1.165, 1.54) is 0 Å². The molecular formula is C27H31ClNO4P. The fraction of sp³-hybridized carbons (Fsp3) is 0.296. The molecule has 0 saturated heterocycles. The molecule has 0 aliphatic rings. The molecule has 0 spiro atoms. The Bertz CT molecular complexity index is 1110. The summed E-state index contributed by atoms with van der Waals surface area (Å²) in [6, 6.07) is 24.7. The third-order valence-electron chi connectivity index (χ3n) is 5.22.